The zero-order chi connectivity index (χ0) is 6.69. The summed E-state index contributed by atoms with van der Waals surface area (Å²) in [6.07, 6.45) is 3.00. The highest BCUT2D eigenvalue weighted by atomic mass is 35.5. The number of nitrogens with one attached hydrogen (secondary N) is 1. The summed E-state index contributed by atoms with van der Waals surface area (Å²) >= 11 is 5.48. The van der Waals surface area contributed by atoms with E-state index in [1.54, 1.807) is 6.20 Å². The Bertz CT molecular complexity index is 201. The largest absolute Gasteiger partial charge is 0.367 e. The van der Waals surface area contributed by atoms with Crippen molar-refractivity contribution in [1.29, 1.82) is 0 Å². The first-order valence-electron chi connectivity index (χ1n) is 2.33. The van der Waals surface area contributed by atoms with Crippen molar-refractivity contribution in [2.75, 3.05) is 5.32 Å². The molecule has 47 valence electrons. The van der Waals surface area contributed by atoms with Gasteiger partial charge >= 0.3 is 0 Å². The van der Waals surface area contributed by atoms with Crippen molar-refractivity contribution in [3.63, 3.8) is 0 Å². The molecule has 0 spiro atoms. The summed E-state index contributed by atoms with van der Waals surface area (Å²) in [5.74, 6) is 0.572. The van der Waals surface area contributed by atoms with Crippen LogP contribution in [-0.2, 0) is 0 Å². The molecule has 0 saturated carbocycles. The number of halogens is 1. The maximum atomic E-state index is 5.48. The van der Waals surface area contributed by atoms with E-state index in [1.165, 1.54) is 6.20 Å². The fraction of sp³-hybridized carbons (Fsp3) is 0. The number of nitrogens with zero attached hydrogens (tertiary/aromatic N) is 2. The molecule has 1 N–H and O–H groups in total. The third kappa shape index (κ3) is 1.54. The molecule has 0 atom stereocenters. The van der Waals surface area contributed by atoms with Crippen molar-refractivity contribution in [2.45, 2.75) is 0 Å². The molecule has 3 nitrogen and oxygen atoms in total. The van der Waals surface area contributed by atoms with Crippen LogP contribution in [0.3, 0.4) is 0 Å². The van der Waals surface area contributed by atoms with Crippen molar-refractivity contribution in [3.05, 3.63) is 24.6 Å². The number of aromatic nitrogens is 2. The highest BCUT2D eigenvalue weighted by Crippen LogP contribution is 2.04. The Morgan fingerprint density at radius 3 is 2.78 bits per heavy atom. The zero-order valence-electron chi connectivity index (χ0n) is 4.63. The average Bonchev–Trinajstić information content (AvgIpc) is 1.88. The molecule has 0 fully saturated rings. The van der Waals surface area contributed by atoms with E-state index in [1.807, 2.05) is 0 Å². The van der Waals surface area contributed by atoms with Gasteiger partial charge in [0.05, 0.1) is 12.4 Å². The zero-order valence-corrected chi connectivity index (χ0v) is 5.39. The van der Waals surface area contributed by atoms with Crippen LogP contribution in [0.1, 0.15) is 0 Å². The summed E-state index contributed by atoms with van der Waals surface area (Å²) < 4.78 is 0. The first-order valence-corrected chi connectivity index (χ1v) is 2.71. The molecule has 1 rings (SSSR count). The van der Waals surface area contributed by atoms with Crippen LogP contribution in [-0.4, -0.2) is 9.97 Å². The predicted octanol–water partition coefficient (Wildman–Crippen LogP) is 1.33. The minimum absolute atomic E-state index is 0.364. The molecule has 9 heavy (non-hydrogen) atoms. The molecule has 0 aliphatic carbocycles. The lowest BCUT2D eigenvalue weighted by atomic mass is 10.7. The Balaban J connectivity index is 2.94. The Morgan fingerprint density at radius 2 is 2.33 bits per heavy atom. The second-order valence-corrected chi connectivity index (χ2v) is 1.79. The fourth-order valence-corrected chi connectivity index (χ4v) is 0.575. The predicted molar refractivity (Wildman–Crippen MR) is 36.0 cm³/mol. The molecule has 1 heterocycles. The van der Waals surface area contributed by atoms with Gasteiger partial charge in [0.25, 0.3) is 0 Å². The summed E-state index contributed by atoms with van der Waals surface area (Å²) in [4.78, 5) is 7.58. The van der Waals surface area contributed by atoms with Gasteiger partial charge in [-0.2, -0.15) is 0 Å². The molecule has 0 aliphatic rings. The average molecular weight is 143 g/mol. The number of hydrogen-bond acceptors (Lipinski definition) is 3. The summed E-state index contributed by atoms with van der Waals surface area (Å²) in [5, 5.41) is 2.92. The quantitative estimate of drug-likeness (QED) is 0.643. The van der Waals surface area contributed by atoms with E-state index < -0.39 is 0 Å². The van der Waals surface area contributed by atoms with Gasteiger partial charge in [0.2, 0.25) is 0 Å². The SMILES string of the molecule is [CH2]Nc1cncc(Cl)n1. The highest BCUT2D eigenvalue weighted by Gasteiger charge is 1.89. The van der Waals surface area contributed by atoms with Crippen LogP contribution in [0, 0.1) is 7.05 Å². The van der Waals surface area contributed by atoms with Crippen LogP contribution in [0.4, 0.5) is 5.82 Å². The van der Waals surface area contributed by atoms with Gasteiger partial charge < -0.3 is 5.32 Å². The number of anilines is 1. The first kappa shape index (κ1) is 6.29. The van der Waals surface area contributed by atoms with E-state index in [0.717, 1.165) is 0 Å². The summed E-state index contributed by atoms with van der Waals surface area (Å²) in [6.45, 7) is 0. The van der Waals surface area contributed by atoms with Gasteiger partial charge in [0.1, 0.15) is 11.0 Å². The standard InChI is InChI=1S/C5H5ClN3/c1-7-5-3-8-2-4(6)9-5/h2-3H,1H2,(H,7,9). The van der Waals surface area contributed by atoms with E-state index >= 15 is 0 Å². The molecule has 0 saturated heterocycles. The van der Waals surface area contributed by atoms with Crippen LogP contribution < -0.4 is 5.32 Å². The highest BCUT2D eigenvalue weighted by molar-refractivity contribution is 6.29. The summed E-state index contributed by atoms with van der Waals surface area (Å²) in [6, 6.07) is 0. The Morgan fingerprint density at radius 1 is 1.56 bits per heavy atom. The second-order valence-electron chi connectivity index (χ2n) is 1.40. The molecule has 1 aromatic rings. The van der Waals surface area contributed by atoms with Crippen LogP contribution in [0.25, 0.3) is 0 Å². The second kappa shape index (κ2) is 2.64. The number of rotatable bonds is 1. The van der Waals surface area contributed by atoms with Crippen molar-refractivity contribution in [3.8, 4) is 0 Å². The molecule has 1 radical (unpaired) electrons. The molecular formula is C5H5ClN3. The van der Waals surface area contributed by atoms with Gasteiger partial charge in [0.15, 0.2) is 0 Å². The molecule has 4 heteroatoms. The van der Waals surface area contributed by atoms with E-state index in [4.69, 9.17) is 11.6 Å². The van der Waals surface area contributed by atoms with Crippen molar-refractivity contribution in [1.82, 2.24) is 9.97 Å². The van der Waals surface area contributed by atoms with E-state index in [-0.39, 0.29) is 0 Å². The molecule has 1 aromatic heterocycles. The molecule has 0 aliphatic heterocycles. The molecule has 0 amide bonds. The topological polar surface area (TPSA) is 37.8 Å². The minimum Gasteiger partial charge on any atom is -0.367 e. The van der Waals surface area contributed by atoms with Crippen molar-refractivity contribution in [2.24, 2.45) is 0 Å². The van der Waals surface area contributed by atoms with E-state index in [0.29, 0.717) is 11.0 Å². The van der Waals surface area contributed by atoms with E-state index in [2.05, 4.69) is 22.3 Å². The van der Waals surface area contributed by atoms with Gasteiger partial charge in [-0.3, -0.25) is 4.98 Å². The van der Waals surface area contributed by atoms with Gasteiger partial charge in [-0.05, 0) is 0 Å². The third-order valence-corrected chi connectivity index (χ3v) is 0.968. The van der Waals surface area contributed by atoms with Crippen molar-refractivity contribution >= 4 is 17.4 Å². The summed E-state index contributed by atoms with van der Waals surface area (Å²) in [7, 11) is 3.39. The fourth-order valence-electron chi connectivity index (χ4n) is 0.427. The smallest absolute Gasteiger partial charge is 0.149 e. The lowest BCUT2D eigenvalue weighted by Gasteiger charge is -1.94. The van der Waals surface area contributed by atoms with Crippen LogP contribution >= 0.6 is 11.6 Å². The lowest BCUT2D eigenvalue weighted by molar-refractivity contribution is 1.20. The maximum absolute atomic E-state index is 5.48. The normalized spacial score (nSPS) is 9.11. The molecule has 0 bridgehead atoms. The van der Waals surface area contributed by atoms with Crippen LogP contribution in [0.15, 0.2) is 12.4 Å². The molecule has 0 aromatic carbocycles. The van der Waals surface area contributed by atoms with Gasteiger partial charge in [-0.1, -0.05) is 11.6 Å². The monoisotopic (exact) mass is 142 g/mol. The van der Waals surface area contributed by atoms with Gasteiger partial charge in [-0.15, -0.1) is 0 Å². The Hall–Kier alpha value is -0.830. The summed E-state index contributed by atoms with van der Waals surface area (Å²) in [5.41, 5.74) is 0. The lowest BCUT2D eigenvalue weighted by Crippen LogP contribution is -1.89. The molecule has 0 unspecified atom stereocenters. The third-order valence-electron chi connectivity index (χ3n) is 0.786. The first-order chi connectivity index (χ1) is 4.33. The van der Waals surface area contributed by atoms with Gasteiger partial charge in [0, 0.05) is 7.05 Å². The molecular weight excluding hydrogens is 138 g/mol. The van der Waals surface area contributed by atoms with Crippen LogP contribution in [0.5, 0.6) is 0 Å². The van der Waals surface area contributed by atoms with E-state index in [9.17, 15) is 0 Å². The van der Waals surface area contributed by atoms with Gasteiger partial charge in [-0.25, -0.2) is 4.98 Å². The van der Waals surface area contributed by atoms with Crippen molar-refractivity contribution < 1.29 is 0 Å². The van der Waals surface area contributed by atoms with Crippen LogP contribution in [0.2, 0.25) is 5.15 Å². The Labute approximate surface area is 58.1 Å². The Kier molecular flexibility index (Phi) is 1.85. The minimum atomic E-state index is 0.364. The maximum Gasteiger partial charge on any atom is 0.149 e. The number of hydrogen-bond donors (Lipinski definition) is 1.